The summed E-state index contributed by atoms with van der Waals surface area (Å²) in [5.41, 5.74) is -0.134. The van der Waals surface area contributed by atoms with Gasteiger partial charge in [-0.05, 0) is 0 Å². The lowest BCUT2D eigenvalue weighted by molar-refractivity contribution is -0.150. The van der Waals surface area contributed by atoms with Crippen LogP contribution in [0.5, 0.6) is 0 Å². The zero-order valence-electron chi connectivity index (χ0n) is 8.87. The molecule has 2 amide bonds. The van der Waals surface area contributed by atoms with E-state index in [2.05, 4.69) is 5.32 Å². The Balaban J connectivity index is 2.29. The second kappa shape index (κ2) is 4.28. The highest BCUT2D eigenvalue weighted by Crippen LogP contribution is 2.40. The lowest BCUT2D eigenvalue weighted by Crippen LogP contribution is -2.69. The van der Waals surface area contributed by atoms with Gasteiger partial charge in [-0.15, -0.1) is 11.8 Å². The first-order chi connectivity index (χ1) is 8.11. The number of carboxylic acids is 1. The first-order valence-electron chi connectivity index (χ1n) is 4.76. The van der Waals surface area contributed by atoms with Crippen LogP contribution in [0.3, 0.4) is 0 Å². The molecule has 2 aliphatic rings. The number of rotatable bonds is 4. The topological polar surface area (TPSA) is 95.9 Å². The molecular formula is C9H10N2O5S. The fourth-order valence-corrected chi connectivity index (χ4v) is 3.16. The lowest BCUT2D eigenvalue weighted by Gasteiger charge is -2.48. The van der Waals surface area contributed by atoms with Crippen molar-refractivity contribution in [3.05, 3.63) is 11.5 Å². The number of hydrogen-bond donors (Lipinski definition) is 2. The number of nitrogens with zero attached hydrogens (tertiary/aromatic N) is 1. The zero-order valence-corrected chi connectivity index (χ0v) is 9.69. The van der Waals surface area contributed by atoms with Crippen molar-refractivity contribution < 1.29 is 24.2 Å². The minimum absolute atomic E-state index is 0.134. The number of aliphatic carboxylic acids is 1. The smallest absolute Gasteiger partial charge is 0.356 e. The van der Waals surface area contributed by atoms with Crippen LogP contribution >= 0.6 is 11.8 Å². The highest BCUT2D eigenvalue weighted by atomic mass is 32.2. The van der Waals surface area contributed by atoms with Gasteiger partial charge in [-0.2, -0.15) is 0 Å². The monoisotopic (exact) mass is 258 g/mol. The normalized spacial score (nSPS) is 27.1. The lowest BCUT2D eigenvalue weighted by atomic mass is 10.1. The third-order valence-electron chi connectivity index (χ3n) is 2.63. The Bertz CT molecular complexity index is 422. The standard InChI is InChI=1S/C9H10N2O5S/c1-16-4-2-17-8-5(10-3-12)7(13)11(8)6(4)9(14)15/h3,5,8H,2H2,1H3,(H,10,12)(H,14,15)/t5?,8-/m0/s1. The maximum Gasteiger partial charge on any atom is 0.356 e. The summed E-state index contributed by atoms with van der Waals surface area (Å²) in [4.78, 5) is 34.3. The first kappa shape index (κ1) is 11.8. The van der Waals surface area contributed by atoms with Crippen molar-refractivity contribution in [3.8, 4) is 0 Å². The highest BCUT2D eigenvalue weighted by molar-refractivity contribution is 8.00. The molecule has 17 heavy (non-hydrogen) atoms. The quantitative estimate of drug-likeness (QED) is 0.494. The maximum atomic E-state index is 11.7. The molecule has 0 aromatic rings. The van der Waals surface area contributed by atoms with E-state index in [0.717, 1.165) is 4.90 Å². The predicted molar refractivity (Wildman–Crippen MR) is 57.8 cm³/mol. The van der Waals surface area contributed by atoms with Crippen LogP contribution in [0.15, 0.2) is 11.5 Å². The van der Waals surface area contributed by atoms with Crippen LogP contribution in [0.1, 0.15) is 0 Å². The van der Waals surface area contributed by atoms with Crippen molar-refractivity contribution in [2.24, 2.45) is 0 Å². The number of carboxylic acid groups (broad SMARTS) is 1. The van der Waals surface area contributed by atoms with Gasteiger partial charge in [-0.1, -0.05) is 0 Å². The largest absolute Gasteiger partial charge is 0.498 e. The van der Waals surface area contributed by atoms with Crippen LogP contribution < -0.4 is 5.32 Å². The number of ether oxygens (including phenoxy) is 1. The molecule has 92 valence electrons. The Hall–Kier alpha value is -1.70. The SMILES string of the molecule is COC1=C(C(=O)O)N2C(=O)C(NC=O)[C@@H]2SC1. The van der Waals surface area contributed by atoms with E-state index in [1.807, 2.05) is 0 Å². The van der Waals surface area contributed by atoms with Gasteiger partial charge in [-0.25, -0.2) is 4.79 Å². The van der Waals surface area contributed by atoms with Crippen LogP contribution in [0.2, 0.25) is 0 Å². The Morgan fingerprint density at radius 2 is 2.41 bits per heavy atom. The average Bonchev–Trinajstić information content (AvgIpc) is 2.33. The molecule has 2 rings (SSSR count). The molecule has 0 aliphatic carbocycles. The van der Waals surface area contributed by atoms with E-state index in [1.54, 1.807) is 0 Å². The number of methoxy groups -OCH3 is 1. The number of β-lactam (4-membered cyclic amide) rings is 1. The predicted octanol–water partition coefficient (Wildman–Crippen LogP) is -1.04. The van der Waals surface area contributed by atoms with Crippen LogP contribution in [-0.2, 0) is 19.1 Å². The molecule has 0 spiro atoms. The van der Waals surface area contributed by atoms with Crippen molar-refractivity contribution >= 4 is 30.0 Å². The van der Waals surface area contributed by atoms with Gasteiger partial charge < -0.3 is 15.2 Å². The van der Waals surface area contributed by atoms with E-state index in [0.29, 0.717) is 12.2 Å². The Morgan fingerprint density at radius 3 is 2.94 bits per heavy atom. The van der Waals surface area contributed by atoms with E-state index in [1.165, 1.54) is 18.9 Å². The third-order valence-corrected chi connectivity index (χ3v) is 3.88. The van der Waals surface area contributed by atoms with Crippen LogP contribution in [0.4, 0.5) is 0 Å². The number of thioether (sulfide) groups is 1. The molecule has 1 fully saturated rings. The molecule has 2 aliphatic heterocycles. The molecule has 1 unspecified atom stereocenters. The Labute approximate surface area is 101 Å². The first-order valence-corrected chi connectivity index (χ1v) is 5.81. The Kier molecular flexibility index (Phi) is 2.97. The minimum Gasteiger partial charge on any atom is -0.498 e. The van der Waals surface area contributed by atoms with Crippen molar-refractivity contribution in [2.45, 2.75) is 11.4 Å². The minimum atomic E-state index is -1.20. The van der Waals surface area contributed by atoms with Gasteiger partial charge in [0.05, 0.1) is 12.9 Å². The summed E-state index contributed by atoms with van der Waals surface area (Å²) in [5.74, 6) is -1.01. The number of carbonyl (C=O) groups excluding carboxylic acids is 2. The third kappa shape index (κ3) is 1.64. The zero-order chi connectivity index (χ0) is 12.6. The van der Waals surface area contributed by atoms with Gasteiger partial charge >= 0.3 is 5.97 Å². The van der Waals surface area contributed by atoms with E-state index in [4.69, 9.17) is 9.84 Å². The molecule has 0 saturated carbocycles. The molecule has 2 N–H and O–H groups in total. The fraction of sp³-hybridized carbons (Fsp3) is 0.444. The number of amides is 2. The second-order valence-corrected chi connectivity index (χ2v) is 4.56. The van der Waals surface area contributed by atoms with Gasteiger partial charge in [0.2, 0.25) is 6.41 Å². The molecular weight excluding hydrogens is 248 g/mol. The fourth-order valence-electron chi connectivity index (χ4n) is 1.84. The molecule has 7 nitrogen and oxygen atoms in total. The summed E-state index contributed by atoms with van der Waals surface area (Å²) in [5, 5.41) is 11.1. The van der Waals surface area contributed by atoms with Crippen molar-refractivity contribution in [1.29, 1.82) is 0 Å². The van der Waals surface area contributed by atoms with E-state index in [-0.39, 0.29) is 16.8 Å². The molecule has 0 aromatic carbocycles. The number of nitrogens with one attached hydrogen (secondary N) is 1. The summed E-state index contributed by atoms with van der Waals surface area (Å²) in [7, 11) is 1.37. The summed E-state index contributed by atoms with van der Waals surface area (Å²) in [6.45, 7) is 0. The van der Waals surface area contributed by atoms with E-state index < -0.39 is 17.9 Å². The highest BCUT2D eigenvalue weighted by Gasteiger charge is 2.54. The van der Waals surface area contributed by atoms with Gasteiger partial charge in [0.25, 0.3) is 5.91 Å². The van der Waals surface area contributed by atoms with Gasteiger partial charge in [0, 0.05) is 0 Å². The van der Waals surface area contributed by atoms with Crippen molar-refractivity contribution in [2.75, 3.05) is 12.9 Å². The molecule has 0 radical (unpaired) electrons. The van der Waals surface area contributed by atoms with E-state index >= 15 is 0 Å². The summed E-state index contributed by atoms with van der Waals surface area (Å²) in [6, 6.07) is -0.648. The Morgan fingerprint density at radius 1 is 1.71 bits per heavy atom. The van der Waals surface area contributed by atoms with Crippen molar-refractivity contribution in [3.63, 3.8) is 0 Å². The van der Waals surface area contributed by atoms with E-state index in [9.17, 15) is 14.4 Å². The maximum absolute atomic E-state index is 11.7. The molecule has 2 heterocycles. The van der Waals surface area contributed by atoms with Gasteiger partial charge in [-0.3, -0.25) is 14.5 Å². The van der Waals surface area contributed by atoms with Gasteiger partial charge in [0.1, 0.15) is 17.2 Å². The van der Waals surface area contributed by atoms with Crippen molar-refractivity contribution in [1.82, 2.24) is 10.2 Å². The summed E-state index contributed by atoms with van der Waals surface area (Å²) >= 11 is 1.36. The molecule has 0 aromatic heterocycles. The summed E-state index contributed by atoms with van der Waals surface area (Å²) in [6.07, 6.45) is 0.441. The number of hydrogen-bond acceptors (Lipinski definition) is 5. The average molecular weight is 258 g/mol. The molecule has 1 saturated heterocycles. The second-order valence-electron chi connectivity index (χ2n) is 3.45. The van der Waals surface area contributed by atoms with Crippen LogP contribution in [0.25, 0.3) is 0 Å². The molecule has 8 heteroatoms. The molecule has 0 bridgehead atoms. The van der Waals surface area contributed by atoms with Crippen LogP contribution in [-0.4, -0.2) is 52.6 Å². The van der Waals surface area contributed by atoms with Crippen LogP contribution in [0, 0.1) is 0 Å². The number of fused-ring (bicyclic) bond motifs is 1. The summed E-state index contributed by atoms with van der Waals surface area (Å²) < 4.78 is 4.96. The van der Waals surface area contributed by atoms with Gasteiger partial charge in [0.15, 0.2) is 5.70 Å². The molecule has 2 atom stereocenters. The number of carbonyl (C=O) groups is 3.